The summed E-state index contributed by atoms with van der Waals surface area (Å²) in [5, 5.41) is 0. The Morgan fingerprint density at radius 2 is 1.12 bits per heavy atom. The third kappa shape index (κ3) is 14.3. The molecule has 0 radical (unpaired) electrons. The quantitative estimate of drug-likeness (QED) is 0.586. The largest absolute Gasteiger partial charge is 0.497 e. The van der Waals surface area contributed by atoms with Crippen LogP contribution in [0, 0.1) is 0 Å². The van der Waals surface area contributed by atoms with E-state index in [0.717, 1.165) is 11.3 Å². The molecule has 0 fully saturated rings. The zero-order chi connectivity index (χ0) is 18.8. The lowest BCUT2D eigenvalue weighted by Gasteiger charge is -1.93. The Balaban J connectivity index is 0. The molecule has 0 bridgehead atoms. The highest BCUT2D eigenvalue weighted by Crippen LogP contribution is 2.05. The molecule has 4 nitrogen and oxygen atoms in total. The summed E-state index contributed by atoms with van der Waals surface area (Å²) in [5.41, 5.74) is 0.775. The molecule has 2 aromatic rings. The Morgan fingerprint density at radius 1 is 0.750 bits per heavy atom. The predicted molar refractivity (Wildman–Crippen MR) is 98.5 cm³/mol. The first-order valence-corrected chi connectivity index (χ1v) is 7.70. The van der Waals surface area contributed by atoms with Gasteiger partial charge in [0.25, 0.3) is 0 Å². The minimum Gasteiger partial charge on any atom is -0.497 e. The lowest BCUT2D eigenvalue weighted by Crippen LogP contribution is -1.88. The van der Waals surface area contributed by atoms with Crippen molar-refractivity contribution in [3.05, 3.63) is 66.2 Å². The van der Waals surface area contributed by atoms with Gasteiger partial charge in [0.15, 0.2) is 5.78 Å². The second-order valence-corrected chi connectivity index (χ2v) is 4.14. The minimum absolute atomic E-state index is 0.121. The van der Waals surface area contributed by atoms with E-state index in [1.807, 2.05) is 74.5 Å². The van der Waals surface area contributed by atoms with Crippen molar-refractivity contribution in [1.82, 2.24) is 0 Å². The van der Waals surface area contributed by atoms with Crippen molar-refractivity contribution in [2.45, 2.75) is 27.7 Å². The van der Waals surface area contributed by atoms with Gasteiger partial charge >= 0.3 is 5.97 Å². The van der Waals surface area contributed by atoms with Gasteiger partial charge in [-0.15, -0.1) is 0 Å². The molecule has 4 heteroatoms. The van der Waals surface area contributed by atoms with Crippen LogP contribution in [0.1, 0.15) is 38.1 Å². The van der Waals surface area contributed by atoms with E-state index in [1.54, 1.807) is 14.0 Å². The van der Waals surface area contributed by atoms with E-state index in [9.17, 15) is 9.59 Å². The number of methoxy groups -OCH3 is 2. The Labute approximate surface area is 145 Å². The van der Waals surface area contributed by atoms with Crippen LogP contribution in [0.5, 0.6) is 5.75 Å². The van der Waals surface area contributed by atoms with Gasteiger partial charge in [-0.1, -0.05) is 62.4 Å². The number of carbonyl (C=O) groups is 2. The van der Waals surface area contributed by atoms with Gasteiger partial charge in [0.05, 0.1) is 14.2 Å². The lowest BCUT2D eigenvalue weighted by molar-refractivity contribution is -0.137. The highest BCUT2D eigenvalue weighted by molar-refractivity contribution is 5.93. The summed E-state index contributed by atoms with van der Waals surface area (Å²) < 4.78 is 9.03. The van der Waals surface area contributed by atoms with E-state index in [-0.39, 0.29) is 11.8 Å². The molecule has 24 heavy (non-hydrogen) atoms. The van der Waals surface area contributed by atoms with E-state index < -0.39 is 0 Å². The first-order valence-electron chi connectivity index (χ1n) is 7.70. The van der Waals surface area contributed by atoms with Gasteiger partial charge in [0.2, 0.25) is 0 Å². The second-order valence-electron chi connectivity index (χ2n) is 4.14. The zero-order valence-electron chi connectivity index (χ0n) is 15.4. The molecule has 2 aromatic carbocycles. The van der Waals surface area contributed by atoms with Crippen LogP contribution in [-0.4, -0.2) is 26.0 Å². The maximum Gasteiger partial charge on any atom is 0.302 e. The third-order valence-corrected chi connectivity index (χ3v) is 2.45. The van der Waals surface area contributed by atoms with E-state index in [0.29, 0.717) is 0 Å². The summed E-state index contributed by atoms with van der Waals surface area (Å²) in [6, 6.07) is 18.9. The van der Waals surface area contributed by atoms with E-state index >= 15 is 0 Å². The summed E-state index contributed by atoms with van der Waals surface area (Å²) in [6.07, 6.45) is 0. The molecule has 132 valence electrons. The number of hydrogen-bond acceptors (Lipinski definition) is 4. The van der Waals surface area contributed by atoms with Gasteiger partial charge in [-0.3, -0.25) is 9.59 Å². The number of esters is 1. The van der Waals surface area contributed by atoms with Crippen LogP contribution in [0.25, 0.3) is 0 Å². The van der Waals surface area contributed by atoms with Crippen molar-refractivity contribution >= 4 is 11.8 Å². The highest BCUT2D eigenvalue weighted by Gasteiger charge is 1.92. The molecular formula is C20H28O4. The summed E-state index contributed by atoms with van der Waals surface area (Å²) in [4.78, 5) is 20.2. The maximum atomic E-state index is 10.6. The van der Waals surface area contributed by atoms with Crippen molar-refractivity contribution in [2.24, 2.45) is 0 Å². The van der Waals surface area contributed by atoms with Crippen LogP contribution >= 0.6 is 0 Å². The van der Waals surface area contributed by atoms with Crippen molar-refractivity contribution in [3.63, 3.8) is 0 Å². The first-order chi connectivity index (χ1) is 11.5. The lowest BCUT2D eigenvalue weighted by atomic mass is 10.2. The fourth-order valence-electron chi connectivity index (χ4n) is 1.23. The molecule has 0 aliphatic heterocycles. The molecule has 0 amide bonds. The Bertz CT molecular complexity index is 536. The number of rotatable bonds is 2. The maximum absolute atomic E-state index is 10.6. The molecule has 0 saturated heterocycles. The molecule has 0 aromatic heterocycles. The standard InChI is InChI=1S/C8H8O.C7H8O.C3H6O2.C2H6/c1-7(9)8-5-3-2-4-6-8;1-8-7-5-3-2-4-6-7;1-3(4)5-2;1-2/h2-6H,1H3;2-6H,1H3;1-2H3;1-2H3. The highest BCUT2D eigenvalue weighted by atomic mass is 16.5. The number of ketones is 1. The van der Waals surface area contributed by atoms with E-state index in [1.165, 1.54) is 14.0 Å². The van der Waals surface area contributed by atoms with E-state index in [4.69, 9.17) is 4.74 Å². The first kappa shape index (κ1) is 23.6. The summed E-state index contributed by atoms with van der Waals surface area (Å²) in [6.45, 7) is 6.93. The number of hydrogen-bond donors (Lipinski definition) is 0. The molecule has 2 rings (SSSR count). The van der Waals surface area contributed by atoms with Crippen LogP contribution in [0.3, 0.4) is 0 Å². The SMILES string of the molecule is CC.CC(=O)c1ccccc1.COC(C)=O.COc1ccccc1. The predicted octanol–water partition coefficient (Wildman–Crippen LogP) is 4.79. The average Bonchev–Trinajstić information content (AvgIpc) is 2.65. The number of carbonyl (C=O) groups excluding carboxylic acids is 2. The number of benzene rings is 2. The molecule has 0 aliphatic carbocycles. The Morgan fingerprint density at radius 3 is 1.33 bits per heavy atom. The van der Waals surface area contributed by atoms with Gasteiger partial charge < -0.3 is 9.47 Å². The Kier molecular flexibility index (Phi) is 16.5. The summed E-state index contributed by atoms with van der Waals surface area (Å²) in [5.74, 6) is 0.785. The van der Waals surface area contributed by atoms with Crippen molar-refractivity contribution in [3.8, 4) is 5.75 Å². The van der Waals surface area contributed by atoms with Crippen LogP contribution in [0.4, 0.5) is 0 Å². The molecular weight excluding hydrogens is 304 g/mol. The zero-order valence-corrected chi connectivity index (χ0v) is 15.4. The molecule has 0 heterocycles. The molecule has 0 spiro atoms. The fourth-order valence-corrected chi connectivity index (χ4v) is 1.23. The fraction of sp³-hybridized carbons (Fsp3) is 0.300. The number of Topliss-reactive ketones (excluding diaryl/α,β-unsaturated/α-hetero) is 1. The van der Waals surface area contributed by atoms with E-state index in [2.05, 4.69) is 4.74 Å². The number of para-hydroxylation sites is 1. The normalized spacial score (nSPS) is 7.92. The van der Waals surface area contributed by atoms with Gasteiger partial charge in [0.1, 0.15) is 5.75 Å². The second kappa shape index (κ2) is 16.7. The molecule has 0 aliphatic rings. The van der Waals surface area contributed by atoms with Crippen molar-refractivity contribution < 1.29 is 19.1 Å². The molecule has 0 unspecified atom stereocenters. The van der Waals surface area contributed by atoms with Crippen LogP contribution in [0.15, 0.2) is 60.7 Å². The monoisotopic (exact) mass is 332 g/mol. The molecule has 0 N–H and O–H groups in total. The van der Waals surface area contributed by atoms with Gasteiger partial charge in [-0.2, -0.15) is 0 Å². The minimum atomic E-state index is -0.245. The molecule has 0 saturated carbocycles. The topological polar surface area (TPSA) is 52.6 Å². The molecule has 0 atom stereocenters. The summed E-state index contributed by atoms with van der Waals surface area (Å²) >= 11 is 0. The van der Waals surface area contributed by atoms with Crippen LogP contribution < -0.4 is 4.74 Å². The Hall–Kier alpha value is -2.62. The number of ether oxygens (including phenoxy) is 2. The average molecular weight is 332 g/mol. The third-order valence-electron chi connectivity index (χ3n) is 2.45. The van der Waals surface area contributed by atoms with Crippen LogP contribution in [0.2, 0.25) is 0 Å². The summed E-state index contributed by atoms with van der Waals surface area (Å²) in [7, 11) is 3.01. The van der Waals surface area contributed by atoms with Crippen molar-refractivity contribution in [1.29, 1.82) is 0 Å². The smallest absolute Gasteiger partial charge is 0.302 e. The van der Waals surface area contributed by atoms with Gasteiger partial charge in [-0.25, -0.2) is 0 Å². The van der Waals surface area contributed by atoms with Gasteiger partial charge in [-0.05, 0) is 19.1 Å². The van der Waals surface area contributed by atoms with Crippen molar-refractivity contribution in [2.75, 3.05) is 14.2 Å². The van der Waals surface area contributed by atoms with Crippen LogP contribution in [-0.2, 0) is 9.53 Å². The van der Waals surface area contributed by atoms with Gasteiger partial charge in [0, 0.05) is 12.5 Å².